The predicted octanol–water partition coefficient (Wildman–Crippen LogP) is 2.86. The van der Waals surface area contributed by atoms with Crippen LogP contribution in [0.3, 0.4) is 0 Å². The molecule has 0 amide bonds. The topological polar surface area (TPSA) is 75.1 Å². The van der Waals surface area contributed by atoms with E-state index in [9.17, 15) is 14.3 Å². The Balaban J connectivity index is 1.68. The Hall–Kier alpha value is -2.97. The Bertz CT molecular complexity index is 1210. The number of aliphatic hydroxyl groups is 1. The summed E-state index contributed by atoms with van der Waals surface area (Å²) in [6, 6.07) is 3.14. The number of methoxy groups -OCH3 is 1. The molecular formula is C25H28FN3O4. The molecule has 0 saturated heterocycles. The highest BCUT2D eigenvalue weighted by Gasteiger charge is 2.38. The number of allylic oxidation sites excluding steroid dienone is 1. The highest BCUT2D eigenvalue weighted by Crippen LogP contribution is 2.43. The molecule has 0 saturated carbocycles. The Morgan fingerprint density at radius 1 is 1.36 bits per heavy atom. The number of aromatic nitrogens is 1. The third kappa shape index (κ3) is 3.57. The second-order valence-corrected chi connectivity index (χ2v) is 8.90. The lowest BCUT2D eigenvalue weighted by Crippen LogP contribution is -2.34. The standard InChI is InChI=1S/C25H28FN3O4/c1-4-15-16-7-22-24-19(12-29(22)10-14(16)13-33-25(15)31)18(11-28(2)5-6-30)17-8-23(32-3)20(26)9-21(17)27-24/h7-9,15,30H,4-6,10-13H2,1-3H3. The molecule has 8 heteroatoms. The molecule has 0 bridgehead atoms. The quantitative estimate of drug-likeness (QED) is 0.674. The van der Waals surface area contributed by atoms with Crippen molar-refractivity contribution in [3.05, 3.63) is 52.0 Å². The summed E-state index contributed by atoms with van der Waals surface area (Å²) in [6.07, 6.45) is 2.76. The lowest BCUT2D eigenvalue weighted by atomic mass is 9.87. The Morgan fingerprint density at radius 3 is 2.91 bits per heavy atom. The second kappa shape index (κ2) is 8.43. The molecule has 1 atom stereocenters. The molecule has 1 aromatic heterocycles. The van der Waals surface area contributed by atoms with Gasteiger partial charge in [-0.15, -0.1) is 0 Å². The van der Waals surface area contributed by atoms with Gasteiger partial charge in [0.25, 0.3) is 0 Å². The first-order valence-electron chi connectivity index (χ1n) is 11.3. The van der Waals surface area contributed by atoms with Crippen LogP contribution in [-0.2, 0) is 22.6 Å². The predicted molar refractivity (Wildman–Crippen MR) is 122 cm³/mol. The van der Waals surface area contributed by atoms with Gasteiger partial charge in [0.15, 0.2) is 11.6 Å². The zero-order chi connectivity index (χ0) is 23.3. The van der Waals surface area contributed by atoms with E-state index in [1.54, 1.807) is 6.07 Å². The van der Waals surface area contributed by atoms with E-state index < -0.39 is 5.82 Å². The van der Waals surface area contributed by atoms with Gasteiger partial charge in [0.1, 0.15) is 6.61 Å². The molecule has 5 rings (SSSR count). The average molecular weight is 454 g/mol. The van der Waals surface area contributed by atoms with Crippen LogP contribution in [0.1, 0.15) is 30.2 Å². The van der Waals surface area contributed by atoms with Crippen molar-refractivity contribution in [1.82, 2.24) is 14.8 Å². The first-order valence-corrected chi connectivity index (χ1v) is 11.3. The van der Waals surface area contributed by atoms with Gasteiger partial charge in [-0.3, -0.25) is 9.69 Å². The molecule has 3 aliphatic heterocycles. The smallest absolute Gasteiger partial charge is 0.313 e. The maximum Gasteiger partial charge on any atom is 0.313 e. The van der Waals surface area contributed by atoms with Gasteiger partial charge >= 0.3 is 5.97 Å². The van der Waals surface area contributed by atoms with E-state index in [4.69, 9.17) is 14.5 Å². The molecule has 0 radical (unpaired) electrons. The molecule has 4 heterocycles. The highest BCUT2D eigenvalue weighted by atomic mass is 19.1. The number of carbonyl (C=O) groups is 1. The van der Waals surface area contributed by atoms with Crippen LogP contribution in [0.4, 0.5) is 4.39 Å². The maximum atomic E-state index is 14.6. The summed E-state index contributed by atoms with van der Waals surface area (Å²) in [5, 5.41) is 10.3. The van der Waals surface area contributed by atoms with E-state index in [1.807, 2.05) is 18.9 Å². The Kier molecular flexibility index (Phi) is 5.58. The monoisotopic (exact) mass is 453 g/mol. The number of fused-ring (bicyclic) bond motifs is 4. The summed E-state index contributed by atoms with van der Waals surface area (Å²) < 4.78 is 25.3. The number of nitrogens with zero attached hydrogens (tertiary/aromatic N) is 3. The minimum absolute atomic E-state index is 0.0556. The molecule has 1 unspecified atom stereocenters. The number of likely N-dealkylation sites (N-methyl/N-ethyl adjacent to an activating group) is 1. The number of cyclic esters (lactones) is 1. The summed E-state index contributed by atoms with van der Waals surface area (Å²) in [5.41, 5.74) is 6.69. The van der Waals surface area contributed by atoms with Crippen molar-refractivity contribution in [3.63, 3.8) is 0 Å². The number of esters is 1. The van der Waals surface area contributed by atoms with E-state index in [0.29, 0.717) is 44.7 Å². The van der Waals surface area contributed by atoms with Crippen LogP contribution in [0.5, 0.6) is 5.75 Å². The van der Waals surface area contributed by atoms with Gasteiger partial charge in [-0.05, 0) is 42.3 Å². The normalized spacial score (nSPS) is 19.5. The molecule has 3 aliphatic rings. The second-order valence-electron chi connectivity index (χ2n) is 8.90. The van der Waals surface area contributed by atoms with E-state index in [2.05, 4.69) is 11.0 Å². The van der Waals surface area contributed by atoms with Crippen LogP contribution in [0, 0.1) is 11.7 Å². The zero-order valence-electron chi connectivity index (χ0n) is 19.2. The van der Waals surface area contributed by atoms with Crippen molar-refractivity contribution in [1.29, 1.82) is 0 Å². The maximum absolute atomic E-state index is 14.6. The SMILES string of the molecule is CCC1C(=O)OCC2=C1C=C1c3nc4cc(F)c(OC)cc4c(CN(C)CCO)c3CN1C2. The summed E-state index contributed by atoms with van der Waals surface area (Å²) in [6.45, 7) is 4.84. The van der Waals surface area contributed by atoms with Crippen molar-refractivity contribution in [2.75, 3.05) is 40.5 Å². The Labute approximate surface area is 192 Å². The highest BCUT2D eigenvalue weighted by molar-refractivity contribution is 5.90. The van der Waals surface area contributed by atoms with Crippen LogP contribution in [0.2, 0.25) is 0 Å². The van der Waals surface area contributed by atoms with E-state index in [0.717, 1.165) is 39.1 Å². The summed E-state index contributed by atoms with van der Waals surface area (Å²) >= 11 is 0. The van der Waals surface area contributed by atoms with Crippen LogP contribution in [0.15, 0.2) is 29.4 Å². The third-order valence-corrected chi connectivity index (χ3v) is 6.86. The molecule has 7 nitrogen and oxygen atoms in total. The number of benzene rings is 1. The zero-order valence-corrected chi connectivity index (χ0v) is 19.2. The van der Waals surface area contributed by atoms with E-state index in [-0.39, 0.29) is 24.2 Å². The number of rotatable bonds is 6. The van der Waals surface area contributed by atoms with Gasteiger partial charge in [0, 0.05) is 43.2 Å². The number of ether oxygens (including phenoxy) is 2. The van der Waals surface area contributed by atoms with Crippen molar-refractivity contribution in [2.45, 2.75) is 26.4 Å². The van der Waals surface area contributed by atoms with Crippen LogP contribution in [0.25, 0.3) is 16.6 Å². The molecule has 0 spiro atoms. The number of hydrogen-bond donors (Lipinski definition) is 1. The van der Waals surface area contributed by atoms with Crippen molar-refractivity contribution >= 4 is 22.6 Å². The fourth-order valence-corrected chi connectivity index (χ4v) is 5.16. The largest absolute Gasteiger partial charge is 0.494 e. The minimum Gasteiger partial charge on any atom is -0.494 e. The fraction of sp³-hybridized carbons (Fsp3) is 0.440. The molecule has 1 aromatic carbocycles. The number of carbonyl (C=O) groups excluding carboxylic acids is 1. The number of halogens is 1. The third-order valence-electron chi connectivity index (χ3n) is 6.86. The lowest BCUT2D eigenvalue weighted by Gasteiger charge is -2.33. The van der Waals surface area contributed by atoms with E-state index in [1.165, 1.54) is 13.2 Å². The van der Waals surface area contributed by atoms with Crippen molar-refractivity contribution in [3.8, 4) is 5.75 Å². The van der Waals surface area contributed by atoms with Gasteiger partial charge in [0.2, 0.25) is 0 Å². The van der Waals surface area contributed by atoms with Crippen LogP contribution >= 0.6 is 0 Å². The van der Waals surface area contributed by atoms with Gasteiger partial charge in [-0.25, -0.2) is 9.37 Å². The van der Waals surface area contributed by atoms with Gasteiger partial charge in [-0.1, -0.05) is 6.92 Å². The molecule has 0 fully saturated rings. The molecule has 0 aliphatic carbocycles. The molecular weight excluding hydrogens is 425 g/mol. The summed E-state index contributed by atoms with van der Waals surface area (Å²) in [5.74, 6) is -0.703. The molecule has 2 aromatic rings. The average Bonchev–Trinajstić information content (AvgIpc) is 3.14. The van der Waals surface area contributed by atoms with Crippen LogP contribution < -0.4 is 4.74 Å². The van der Waals surface area contributed by atoms with Crippen molar-refractivity contribution in [2.24, 2.45) is 5.92 Å². The molecule has 33 heavy (non-hydrogen) atoms. The summed E-state index contributed by atoms with van der Waals surface area (Å²) in [7, 11) is 3.41. The van der Waals surface area contributed by atoms with Crippen molar-refractivity contribution < 1.29 is 23.8 Å². The van der Waals surface area contributed by atoms with Gasteiger partial charge in [-0.2, -0.15) is 0 Å². The molecule has 174 valence electrons. The Morgan fingerprint density at radius 2 is 2.18 bits per heavy atom. The first-order chi connectivity index (χ1) is 15.9. The number of pyridine rings is 1. The van der Waals surface area contributed by atoms with Gasteiger partial charge < -0.3 is 19.5 Å². The number of hydrogen-bond acceptors (Lipinski definition) is 7. The minimum atomic E-state index is -0.453. The van der Waals surface area contributed by atoms with Gasteiger partial charge in [0.05, 0.1) is 36.5 Å². The summed E-state index contributed by atoms with van der Waals surface area (Å²) in [4.78, 5) is 21.5. The lowest BCUT2D eigenvalue weighted by molar-refractivity contribution is -0.147. The number of aliphatic hydroxyl groups excluding tert-OH is 1. The molecule has 1 N–H and O–H groups in total. The fourth-order valence-electron chi connectivity index (χ4n) is 5.16. The van der Waals surface area contributed by atoms with E-state index >= 15 is 0 Å². The van der Waals surface area contributed by atoms with Crippen LogP contribution in [-0.4, -0.2) is 66.3 Å². The first kappa shape index (κ1) is 21.9.